The number of hydrogen-bond donors (Lipinski definition) is 4. The fraction of sp³-hybridized carbons (Fsp3) is 0.174. The molecule has 0 saturated carbocycles. The van der Waals surface area contributed by atoms with E-state index in [1.165, 1.54) is 24.3 Å². The summed E-state index contributed by atoms with van der Waals surface area (Å²) in [5.41, 5.74) is -1.54. The number of anilines is 1. The number of hydrogen-bond acceptors (Lipinski definition) is 4. The predicted molar refractivity (Wildman–Crippen MR) is 117 cm³/mol. The number of benzene rings is 3. The van der Waals surface area contributed by atoms with E-state index in [0.29, 0.717) is 0 Å². The lowest BCUT2D eigenvalue weighted by Gasteiger charge is -2.13. The van der Waals surface area contributed by atoms with Gasteiger partial charge in [0.2, 0.25) is 0 Å². The van der Waals surface area contributed by atoms with Crippen molar-refractivity contribution in [2.45, 2.75) is 6.10 Å². The molecule has 0 aliphatic carbocycles. The Bertz CT molecular complexity index is 1510. The van der Waals surface area contributed by atoms with E-state index in [2.05, 4.69) is 10.6 Å². The topological polar surface area (TPSA) is 81.6 Å². The molecule has 0 aliphatic rings. The fourth-order valence-corrected chi connectivity index (χ4v) is 2.39. The summed E-state index contributed by atoms with van der Waals surface area (Å²) in [5.74, 6) is -1.63. The van der Waals surface area contributed by atoms with Gasteiger partial charge in [0.1, 0.15) is 0 Å². The number of aliphatic hydroxyl groups is 1. The molecule has 0 aliphatic heterocycles. The molecule has 0 amide bonds. The van der Waals surface area contributed by atoms with E-state index in [0.717, 1.165) is 0 Å². The van der Waals surface area contributed by atoms with Crippen molar-refractivity contribution in [3.63, 3.8) is 0 Å². The zero-order valence-corrected chi connectivity index (χ0v) is 15.5. The minimum absolute atomic E-state index is 0.0348. The van der Waals surface area contributed by atoms with E-state index in [-0.39, 0.29) is 16.8 Å². The fourth-order valence-electron chi connectivity index (χ4n) is 2.25. The Morgan fingerprint density at radius 3 is 2.79 bits per heavy atom. The van der Waals surface area contributed by atoms with Crippen LogP contribution in [0.4, 0.5) is 5.69 Å². The van der Waals surface area contributed by atoms with Crippen molar-refractivity contribution >= 4 is 23.3 Å². The number of halogens is 1. The minimum atomic E-state index is -2.92. The number of aliphatic hydroxyl groups excluding tert-OH is 1. The van der Waals surface area contributed by atoms with E-state index in [9.17, 15) is 15.0 Å². The zero-order chi connectivity index (χ0) is 31.2. The third-order valence-electron chi connectivity index (χ3n) is 3.59. The molecule has 29 heavy (non-hydrogen) atoms. The van der Waals surface area contributed by atoms with Crippen LogP contribution in [0.1, 0.15) is 38.5 Å². The first-order chi connectivity index (χ1) is 18.8. The van der Waals surface area contributed by atoms with Gasteiger partial charge in [-0.1, -0.05) is 47.9 Å². The van der Waals surface area contributed by atoms with Crippen LogP contribution in [0.25, 0.3) is 11.1 Å². The van der Waals surface area contributed by atoms with Gasteiger partial charge >= 0.3 is 5.97 Å². The number of carbonyl (C=O) groups is 1. The van der Waals surface area contributed by atoms with Crippen LogP contribution >= 0.6 is 11.6 Å². The molecule has 150 valence electrons. The molecule has 0 aromatic heterocycles. The highest BCUT2D eigenvalue weighted by Crippen LogP contribution is 2.23. The van der Waals surface area contributed by atoms with Gasteiger partial charge < -0.3 is 20.8 Å². The average Bonchev–Trinajstić information content (AvgIpc) is 2.88. The second-order valence-electron chi connectivity index (χ2n) is 5.64. The quantitative estimate of drug-likeness (QED) is 0.410. The molecule has 0 bridgehead atoms. The Morgan fingerprint density at radius 1 is 1.14 bits per heavy atom. The molecule has 0 spiro atoms. The monoisotopic (exact) mass is 422 g/mol. The SMILES string of the molecule is [2H]c1c([2H])c(C(=O)O)c([2H])c(-c2cccc(NC([2H])([2H])C([2H])([2H])NC[C@H](O)c3c([2H])c([2H])c([2H])c(Cl)c3[2H])c2)c1[2H]. The van der Waals surface area contributed by atoms with Crippen molar-refractivity contribution in [3.8, 4) is 11.1 Å². The van der Waals surface area contributed by atoms with Crippen LogP contribution in [0.2, 0.25) is 5.02 Å². The lowest BCUT2D eigenvalue weighted by Crippen LogP contribution is -2.26. The van der Waals surface area contributed by atoms with Crippen molar-refractivity contribution in [2.75, 3.05) is 24.9 Å². The van der Waals surface area contributed by atoms with Gasteiger partial charge in [0.05, 0.1) is 25.4 Å². The Kier molecular flexibility index (Phi) is 3.56. The van der Waals surface area contributed by atoms with Gasteiger partial charge in [0.25, 0.3) is 0 Å². The zero-order valence-electron chi connectivity index (χ0n) is 26.8. The van der Waals surface area contributed by atoms with Crippen molar-refractivity contribution in [2.24, 2.45) is 0 Å². The third-order valence-corrected chi connectivity index (χ3v) is 3.78. The predicted octanol–water partition coefficient (Wildman–Crippen LogP) is 4.44. The second-order valence-corrected chi connectivity index (χ2v) is 6.01. The first-order valence-corrected chi connectivity index (χ1v) is 8.62. The molecule has 0 unspecified atom stereocenters. The summed E-state index contributed by atoms with van der Waals surface area (Å²) in [4.78, 5) is 11.6. The standard InChI is InChI=1S/C23H23ClN2O3/c24-20-8-2-6-18(13-20)22(27)15-25-10-11-26-21-9-3-5-17(14-21)16-4-1-7-19(12-16)23(28)29/h1-9,12-14,22,25-27H,10-11,15H2,(H,28,29)/t22-/m0/s1/i1D,2D,4D,6D,7D,8D,10D2,11D2,12D,13D. The van der Waals surface area contributed by atoms with Crippen LogP contribution in [0, 0.1) is 0 Å². The summed E-state index contributed by atoms with van der Waals surface area (Å²) in [5, 5.41) is 24.0. The summed E-state index contributed by atoms with van der Waals surface area (Å²) in [6.07, 6.45) is -1.76. The molecule has 5 nitrogen and oxygen atoms in total. The highest BCUT2D eigenvalue weighted by atomic mass is 35.5. The van der Waals surface area contributed by atoms with Crippen LogP contribution < -0.4 is 10.6 Å². The van der Waals surface area contributed by atoms with Crippen LogP contribution in [0.3, 0.4) is 0 Å². The van der Waals surface area contributed by atoms with Crippen LogP contribution in [0.5, 0.6) is 0 Å². The van der Waals surface area contributed by atoms with Gasteiger partial charge in [0, 0.05) is 33.0 Å². The van der Waals surface area contributed by atoms with Crippen LogP contribution in [-0.2, 0) is 0 Å². The lowest BCUT2D eigenvalue weighted by atomic mass is 10.0. The van der Waals surface area contributed by atoms with E-state index in [4.69, 9.17) is 28.1 Å². The van der Waals surface area contributed by atoms with E-state index in [1.54, 1.807) is 0 Å². The average molecular weight is 423 g/mol. The van der Waals surface area contributed by atoms with Gasteiger partial charge in [-0.2, -0.15) is 0 Å². The highest BCUT2D eigenvalue weighted by molar-refractivity contribution is 6.30. The molecule has 1 atom stereocenters. The van der Waals surface area contributed by atoms with Gasteiger partial charge in [-0.15, -0.1) is 0 Å². The van der Waals surface area contributed by atoms with Crippen molar-refractivity contribution in [1.29, 1.82) is 0 Å². The number of nitrogens with one attached hydrogen (secondary N) is 2. The van der Waals surface area contributed by atoms with Crippen molar-refractivity contribution in [3.05, 3.63) is 88.8 Å². The number of carboxylic acids is 1. The Morgan fingerprint density at radius 2 is 1.97 bits per heavy atom. The molecule has 3 aromatic carbocycles. The van der Waals surface area contributed by atoms with E-state index < -0.39 is 96.1 Å². The minimum Gasteiger partial charge on any atom is -0.478 e. The van der Waals surface area contributed by atoms with Crippen LogP contribution in [0.15, 0.2) is 72.6 Å². The Balaban J connectivity index is 1.89. The summed E-state index contributed by atoms with van der Waals surface area (Å²) in [7, 11) is 0. The van der Waals surface area contributed by atoms with Gasteiger partial charge in [0.15, 0.2) is 0 Å². The lowest BCUT2D eigenvalue weighted by molar-refractivity contribution is 0.0697. The first kappa shape index (κ1) is 10.3. The second kappa shape index (κ2) is 10.1. The Labute approximate surface area is 191 Å². The largest absolute Gasteiger partial charge is 0.478 e. The van der Waals surface area contributed by atoms with Crippen molar-refractivity contribution < 1.29 is 31.5 Å². The maximum atomic E-state index is 11.6. The molecule has 3 aromatic rings. The molecule has 0 saturated heterocycles. The van der Waals surface area contributed by atoms with Gasteiger partial charge in [-0.3, -0.25) is 0 Å². The molecular weight excluding hydrogens is 388 g/mol. The molecule has 3 rings (SSSR count). The van der Waals surface area contributed by atoms with E-state index >= 15 is 0 Å². The normalized spacial score (nSPS) is 18.7. The Hall–Kier alpha value is -2.86. The summed E-state index contributed by atoms with van der Waals surface area (Å²) in [6, 6.07) is 0.0202. The third kappa shape index (κ3) is 6.06. The summed E-state index contributed by atoms with van der Waals surface area (Å²) < 4.78 is 96.5. The molecule has 0 fully saturated rings. The smallest absolute Gasteiger partial charge is 0.335 e. The number of aromatic carboxylic acids is 1. The summed E-state index contributed by atoms with van der Waals surface area (Å²) >= 11 is 5.85. The maximum absolute atomic E-state index is 11.6. The molecule has 4 N–H and O–H groups in total. The maximum Gasteiger partial charge on any atom is 0.335 e. The first-order valence-electron chi connectivity index (χ1n) is 14.2. The molecule has 0 radical (unpaired) electrons. The highest BCUT2D eigenvalue weighted by Gasteiger charge is 2.07. The summed E-state index contributed by atoms with van der Waals surface area (Å²) in [6.45, 7) is -6.54. The van der Waals surface area contributed by atoms with Gasteiger partial charge in [-0.25, -0.2) is 4.79 Å². The number of rotatable bonds is 9. The van der Waals surface area contributed by atoms with Crippen LogP contribution in [-0.4, -0.2) is 35.7 Å². The number of carboxylic acid groups (broad SMARTS) is 1. The molecular formula is C23H23ClN2O3. The van der Waals surface area contributed by atoms with Crippen molar-refractivity contribution in [1.82, 2.24) is 5.32 Å². The van der Waals surface area contributed by atoms with E-state index in [1.807, 2.05) is 0 Å². The molecule has 6 heteroatoms. The van der Waals surface area contributed by atoms with Gasteiger partial charge in [-0.05, 0) is 53.0 Å². The molecule has 0 heterocycles.